The van der Waals surface area contributed by atoms with Crippen LogP contribution in [0.15, 0.2) is 23.0 Å². The number of nitrogens with zero attached hydrogens (tertiary/aromatic N) is 3. The highest BCUT2D eigenvalue weighted by atomic mass is 16.6. The number of nitro benzene ring substituents is 1. The number of nitro groups is 1. The summed E-state index contributed by atoms with van der Waals surface area (Å²) in [7, 11) is 1.52. The molecule has 3 N–H and O–H groups in total. The smallest absolute Gasteiger partial charge is 0.331 e. The second-order valence-electron chi connectivity index (χ2n) is 4.52. The Bertz CT molecular complexity index is 778. The molecule has 0 aliphatic heterocycles. The molecule has 0 bridgehead atoms. The molecule has 0 saturated heterocycles. The lowest BCUT2D eigenvalue weighted by molar-refractivity contribution is -0.385. The van der Waals surface area contributed by atoms with E-state index < -0.39 is 11.0 Å². The Labute approximate surface area is 124 Å². The molecule has 0 fully saturated rings. The predicted molar refractivity (Wildman–Crippen MR) is 77.5 cm³/mol. The van der Waals surface area contributed by atoms with Crippen LogP contribution in [-0.2, 0) is 13.6 Å². The van der Waals surface area contributed by atoms with E-state index in [4.69, 9.17) is 0 Å². The highest BCUT2D eigenvalue weighted by Gasteiger charge is 2.15. The summed E-state index contributed by atoms with van der Waals surface area (Å²) < 4.78 is 1.26. The van der Waals surface area contributed by atoms with Crippen LogP contribution in [0.5, 0.6) is 0 Å². The van der Waals surface area contributed by atoms with Gasteiger partial charge in [0, 0.05) is 13.1 Å². The summed E-state index contributed by atoms with van der Waals surface area (Å²) in [4.78, 5) is 33.3. The molecular formula is C12H14N6O4. The van der Waals surface area contributed by atoms with Crippen molar-refractivity contribution in [2.24, 2.45) is 7.05 Å². The van der Waals surface area contributed by atoms with Gasteiger partial charge in [-0.15, -0.1) is 0 Å². The maximum Gasteiger partial charge on any atom is 0.343 e. The molecule has 0 spiro atoms. The van der Waals surface area contributed by atoms with E-state index in [1.54, 1.807) is 13.0 Å². The highest BCUT2D eigenvalue weighted by molar-refractivity contribution is 5.90. The zero-order chi connectivity index (χ0) is 16.3. The third-order valence-electron chi connectivity index (χ3n) is 3.13. The molecule has 1 aromatic heterocycles. The summed E-state index contributed by atoms with van der Waals surface area (Å²) in [5.74, 6) is 0.357. The number of anilines is 1. The lowest BCUT2D eigenvalue weighted by atomic mass is 10.1. The van der Waals surface area contributed by atoms with Gasteiger partial charge in [0.2, 0.25) is 0 Å². The number of hydrogen-bond acceptors (Lipinski definition) is 5. The number of benzene rings is 1. The topological polar surface area (TPSA) is 135 Å². The van der Waals surface area contributed by atoms with Gasteiger partial charge in [0.05, 0.1) is 22.7 Å². The molecule has 10 heteroatoms. The second kappa shape index (κ2) is 6.08. The summed E-state index contributed by atoms with van der Waals surface area (Å²) in [6.45, 7) is 1.58. The SMILES string of the molecule is Cc1c(NC(=O)NCc2n[nH]c(=O)n2C)cccc1[N+](=O)[O-]. The molecule has 0 atom stereocenters. The molecule has 0 radical (unpaired) electrons. The molecule has 0 aliphatic rings. The number of urea groups is 1. The third-order valence-corrected chi connectivity index (χ3v) is 3.13. The van der Waals surface area contributed by atoms with Gasteiger partial charge >= 0.3 is 11.7 Å². The first-order valence-corrected chi connectivity index (χ1v) is 6.29. The summed E-state index contributed by atoms with van der Waals surface area (Å²) in [6, 6.07) is 3.85. The van der Waals surface area contributed by atoms with Gasteiger partial charge in [-0.1, -0.05) is 6.07 Å². The minimum Gasteiger partial charge on any atom is -0.331 e. The highest BCUT2D eigenvalue weighted by Crippen LogP contribution is 2.24. The van der Waals surface area contributed by atoms with Crippen molar-refractivity contribution >= 4 is 17.4 Å². The van der Waals surface area contributed by atoms with Crippen molar-refractivity contribution in [1.82, 2.24) is 20.1 Å². The maximum absolute atomic E-state index is 11.8. The largest absolute Gasteiger partial charge is 0.343 e. The van der Waals surface area contributed by atoms with Crippen LogP contribution in [0.3, 0.4) is 0 Å². The first-order chi connectivity index (χ1) is 10.4. The molecular weight excluding hydrogens is 292 g/mol. The molecule has 0 saturated carbocycles. The number of H-pyrrole nitrogens is 1. The lowest BCUT2D eigenvalue weighted by Crippen LogP contribution is -2.30. The van der Waals surface area contributed by atoms with E-state index in [-0.39, 0.29) is 17.9 Å². The van der Waals surface area contributed by atoms with Gasteiger partial charge in [-0.05, 0) is 13.0 Å². The van der Waals surface area contributed by atoms with Crippen LogP contribution in [0.1, 0.15) is 11.4 Å². The van der Waals surface area contributed by atoms with Crippen LogP contribution < -0.4 is 16.3 Å². The Morgan fingerprint density at radius 1 is 1.50 bits per heavy atom. The van der Waals surface area contributed by atoms with E-state index >= 15 is 0 Å². The van der Waals surface area contributed by atoms with E-state index in [9.17, 15) is 19.7 Å². The number of nitrogens with one attached hydrogen (secondary N) is 3. The molecule has 2 amide bonds. The van der Waals surface area contributed by atoms with E-state index in [0.717, 1.165) is 0 Å². The van der Waals surface area contributed by atoms with Crippen LogP contribution in [0.2, 0.25) is 0 Å². The third kappa shape index (κ3) is 3.11. The summed E-state index contributed by atoms with van der Waals surface area (Å²) in [6.07, 6.45) is 0. The molecule has 2 aromatic rings. The maximum atomic E-state index is 11.8. The molecule has 10 nitrogen and oxygen atoms in total. The predicted octanol–water partition coefficient (Wildman–Crippen LogP) is 0.647. The monoisotopic (exact) mass is 306 g/mol. The Hall–Kier alpha value is -3.17. The van der Waals surface area contributed by atoms with Gasteiger partial charge < -0.3 is 10.6 Å². The van der Waals surface area contributed by atoms with Gasteiger partial charge in [-0.3, -0.25) is 14.7 Å². The number of carbonyl (C=O) groups is 1. The van der Waals surface area contributed by atoms with Crippen molar-refractivity contribution in [2.75, 3.05) is 5.32 Å². The van der Waals surface area contributed by atoms with Crippen molar-refractivity contribution in [3.63, 3.8) is 0 Å². The van der Waals surface area contributed by atoms with Gasteiger partial charge in [0.1, 0.15) is 0 Å². The number of hydrogen-bond donors (Lipinski definition) is 3. The molecule has 116 valence electrons. The summed E-state index contributed by atoms with van der Waals surface area (Å²) in [5.41, 5.74) is 0.233. The van der Waals surface area contributed by atoms with Crippen molar-refractivity contribution < 1.29 is 9.72 Å². The molecule has 1 aromatic carbocycles. The standard InChI is InChI=1S/C12H14N6O4/c1-7-8(4-3-5-9(7)18(21)22)14-11(19)13-6-10-15-16-12(20)17(10)2/h3-5H,6H2,1-2H3,(H,16,20)(H2,13,14,19). The first-order valence-electron chi connectivity index (χ1n) is 6.29. The minimum absolute atomic E-state index is 0.0368. The van der Waals surface area contributed by atoms with Crippen molar-refractivity contribution in [3.8, 4) is 0 Å². The fourth-order valence-corrected chi connectivity index (χ4v) is 1.82. The van der Waals surface area contributed by atoms with E-state index in [1.807, 2.05) is 0 Å². The Kier molecular flexibility index (Phi) is 4.20. The zero-order valence-corrected chi connectivity index (χ0v) is 11.9. The molecule has 2 rings (SSSR count). The van der Waals surface area contributed by atoms with E-state index in [2.05, 4.69) is 20.8 Å². The second-order valence-corrected chi connectivity index (χ2v) is 4.52. The Morgan fingerprint density at radius 2 is 2.23 bits per heavy atom. The van der Waals surface area contributed by atoms with Crippen LogP contribution in [0, 0.1) is 17.0 Å². The fraction of sp³-hybridized carbons (Fsp3) is 0.250. The first kappa shape index (κ1) is 15.2. The van der Waals surface area contributed by atoms with Gasteiger partial charge in [0.15, 0.2) is 5.82 Å². The lowest BCUT2D eigenvalue weighted by Gasteiger charge is -2.09. The van der Waals surface area contributed by atoms with Crippen LogP contribution in [-0.4, -0.2) is 25.7 Å². The summed E-state index contributed by atoms with van der Waals surface area (Å²) >= 11 is 0. The van der Waals surface area contributed by atoms with Gasteiger partial charge in [0.25, 0.3) is 5.69 Å². The van der Waals surface area contributed by atoms with E-state index in [1.165, 1.54) is 23.7 Å². The van der Waals surface area contributed by atoms with E-state index in [0.29, 0.717) is 17.1 Å². The van der Waals surface area contributed by atoms with Gasteiger partial charge in [-0.25, -0.2) is 14.7 Å². The molecule has 22 heavy (non-hydrogen) atoms. The average Bonchev–Trinajstić information content (AvgIpc) is 2.78. The summed E-state index contributed by atoms with van der Waals surface area (Å²) in [5, 5.41) is 21.9. The quantitative estimate of drug-likeness (QED) is 0.563. The molecule has 0 unspecified atom stereocenters. The minimum atomic E-state index is -0.556. The van der Waals surface area contributed by atoms with Crippen LogP contribution in [0.4, 0.5) is 16.2 Å². The average molecular weight is 306 g/mol. The van der Waals surface area contributed by atoms with Crippen LogP contribution in [0.25, 0.3) is 0 Å². The Morgan fingerprint density at radius 3 is 2.82 bits per heavy atom. The van der Waals surface area contributed by atoms with Gasteiger partial charge in [-0.2, -0.15) is 5.10 Å². The zero-order valence-electron chi connectivity index (χ0n) is 11.9. The fourth-order valence-electron chi connectivity index (χ4n) is 1.82. The van der Waals surface area contributed by atoms with Crippen molar-refractivity contribution in [3.05, 3.63) is 50.2 Å². The normalized spacial score (nSPS) is 10.3. The van der Waals surface area contributed by atoms with Crippen molar-refractivity contribution in [2.45, 2.75) is 13.5 Å². The molecule has 1 heterocycles. The van der Waals surface area contributed by atoms with Crippen molar-refractivity contribution in [1.29, 1.82) is 0 Å². The van der Waals surface area contributed by atoms with Crippen LogP contribution >= 0.6 is 0 Å². The molecule has 0 aliphatic carbocycles. The number of rotatable bonds is 4. The number of aromatic amines is 1. The number of carbonyl (C=O) groups excluding carboxylic acids is 1. The Balaban J connectivity index is 2.04. The number of aromatic nitrogens is 3. The number of amides is 2.